The first kappa shape index (κ1) is 20.3. The summed E-state index contributed by atoms with van der Waals surface area (Å²) in [5, 5.41) is 21.5. The number of aromatic nitrogens is 3. The number of thioether (sulfide) groups is 2. The normalized spacial score (nSPS) is 10.8. The van der Waals surface area contributed by atoms with Crippen LogP contribution in [0.1, 0.15) is 18.3 Å². The molecule has 146 valence electrons. The molecule has 0 saturated heterocycles. The SMILES string of the molecule is CCn1c(CSc2ccc(C)cc2)nnc1SCC(=O)Nc1cccc(O)c1. The van der Waals surface area contributed by atoms with Gasteiger partial charge in [-0.1, -0.05) is 35.5 Å². The molecule has 0 aliphatic heterocycles. The van der Waals surface area contributed by atoms with E-state index < -0.39 is 0 Å². The number of phenolic OH excluding ortho intramolecular Hbond substituents is 1. The highest BCUT2D eigenvalue weighted by Gasteiger charge is 2.13. The summed E-state index contributed by atoms with van der Waals surface area (Å²) >= 11 is 3.07. The van der Waals surface area contributed by atoms with E-state index in [1.54, 1.807) is 30.0 Å². The predicted octanol–water partition coefficient (Wildman–Crippen LogP) is 4.34. The van der Waals surface area contributed by atoms with E-state index in [0.29, 0.717) is 5.69 Å². The third kappa shape index (κ3) is 5.53. The number of carbonyl (C=O) groups excluding carboxylic acids is 1. The van der Waals surface area contributed by atoms with Gasteiger partial charge in [0.2, 0.25) is 5.91 Å². The van der Waals surface area contributed by atoms with E-state index >= 15 is 0 Å². The monoisotopic (exact) mass is 414 g/mol. The van der Waals surface area contributed by atoms with Crippen LogP contribution in [0.4, 0.5) is 5.69 Å². The van der Waals surface area contributed by atoms with Crippen LogP contribution < -0.4 is 5.32 Å². The topological polar surface area (TPSA) is 80.0 Å². The summed E-state index contributed by atoms with van der Waals surface area (Å²) in [6, 6.07) is 14.9. The first-order valence-electron chi connectivity index (χ1n) is 8.88. The first-order chi connectivity index (χ1) is 13.5. The van der Waals surface area contributed by atoms with E-state index in [1.807, 2.05) is 11.5 Å². The number of nitrogens with one attached hydrogen (secondary N) is 1. The number of aryl methyl sites for hydroxylation is 1. The van der Waals surface area contributed by atoms with Crippen molar-refractivity contribution in [3.05, 3.63) is 59.9 Å². The lowest BCUT2D eigenvalue weighted by Gasteiger charge is -2.08. The van der Waals surface area contributed by atoms with Crippen molar-refractivity contribution < 1.29 is 9.90 Å². The second kappa shape index (κ2) is 9.66. The average Bonchev–Trinajstić information content (AvgIpc) is 3.08. The van der Waals surface area contributed by atoms with Gasteiger partial charge in [-0.05, 0) is 38.1 Å². The van der Waals surface area contributed by atoms with E-state index in [9.17, 15) is 9.90 Å². The van der Waals surface area contributed by atoms with E-state index in [-0.39, 0.29) is 17.4 Å². The number of aromatic hydroxyl groups is 1. The lowest BCUT2D eigenvalue weighted by molar-refractivity contribution is -0.113. The Bertz CT molecular complexity index is 942. The van der Waals surface area contributed by atoms with Crippen molar-refractivity contribution in [1.82, 2.24) is 14.8 Å². The molecule has 6 nitrogen and oxygen atoms in total. The van der Waals surface area contributed by atoms with E-state index in [4.69, 9.17) is 0 Å². The van der Waals surface area contributed by atoms with Crippen molar-refractivity contribution in [2.45, 2.75) is 36.2 Å². The van der Waals surface area contributed by atoms with Crippen molar-refractivity contribution in [1.29, 1.82) is 0 Å². The van der Waals surface area contributed by atoms with Crippen LogP contribution in [0.2, 0.25) is 0 Å². The highest BCUT2D eigenvalue weighted by atomic mass is 32.2. The van der Waals surface area contributed by atoms with Crippen LogP contribution in [0.25, 0.3) is 0 Å². The maximum atomic E-state index is 12.2. The van der Waals surface area contributed by atoms with Crippen LogP contribution in [0, 0.1) is 6.92 Å². The molecule has 1 heterocycles. The van der Waals surface area contributed by atoms with Crippen molar-refractivity contribution >= 4 is 35.1 Å². The van der Waals surface area contributed by atoms with Crippen molar-refractivity contribution in [3.63, 3.8) is 0 Å². The fourth-order valence-corrected chi connectivity index (χ4v) is 4.20. The zero-order valence-corrected chi connectivity index (χ0v) is 17.4. The van der Waals surface area contributed by atoms with Crippen LogP contribution in [0.3, 0.4) is 0 Å². The predicted molar refractivity (Wildman–Crippen MR) is 114 cm³/mol. The van der Waals surface area contributed by atoms with Crippen LogP contribution >= 0.6 is 23.5 Å². The number of benzene rings is 2. The van der Waals surface area contributed by atoms with Gasteiger partial charge in [-0.3, -0.25) is 4.79 Å². The van der Waals surface area contributed by atoms with Gasteiger partial charge in [-0.2, -0.15) is 0 Å². The lowest BCUT2D eigenvalue weighted by atomic mass is 10.2. The van der Waals surface area contributed by atoms with E-state index in [1.165, 1.54) is 28.3 Å². The molecule has 0 aliphatic carbocycles. The summed E-state index contributed by atoms with van der Waals surface area (Å²) in [4.78, 5) is 13.4. The molecule has 28 heavy (non-hydrogen) atoms. The summed E-state index contributed by atoms with van der Waals surface area (Å²) in [6.07, 6.45) is 0. The second-order valence-corrected chi connectivity index (χ2v) is 8.12. The largest absolute Gasteiger partial charge is 0.508 e. The highest BCUT2D eigenvalue weighted by Crippen LogP contribution is 2.25. The quantitative estimate of drug-likeness (QED) is 0.534. The Hall–Kier alpha value is -2.45. The smallest absolute Gasteiger partial charge is 0.234 e. The molecule has 1 amide bonds. The summed E-state index contributed by atoms with van der Waals surface area (Å²) in [5.41, 5.74) is 1.81. The fourth-order valence-electron chi connectivity index (χ4n) is 2.54. The summed E-state index contributed by atoms with van der Waals surface area (Å²) in [7, 11) is 0. The summed E-state index contributed by atoms with van der Waals surface area (Å²) in [5.74, 6) is 1.80. The van der Waals surface area contributed by atoms with Gasteiger partial charge < -0.3 is 15.0 Å². The Morgan fingerprint density at radius 2 is 1.93 bits per heavy atom. The van der Waals surface area contributed by atoms with Crippen molar-refractivity contribution in [2.24, 2.45) is 0 Å². The number of rotatable bonds is 8. The molecule has 0 bridgehead atoms. The molecule has 2 aromatic carbocycles. The third-order valence-corrected chi connectivity index (χ3v) is 5.94. The minimum absolute atomic E-state index is 0.117. The maximum Gasteiger partial charge on any atom is 0.234 e. The Balaban J connectivity index is 1.57. The van der Waals surface area contributed by atoms with Gasteiger partial charge in [0.25, 0.3) is 0 Å². The van der Waals surface area contributed by atoms with Gasteiger partial charge in [0, 0.05) is 23.2 Å². The summed E-state index contributed by atoms with van der Waals surface area (Å²) in [6.45, 7) is 4.86. The van der Waals surface area contributed by atoms with Crippen molar-refractivity contribution in [3.8, 4) is 5.75 Å². The Morgan fingerprint density at radius 3 is 2.64 bits per heavy atom. The van der Waals surface area contributed by atoms with Crippen LogP contribution in [0.15, 0.2) is 58.6 Å². The Labute approximate surface area is 172 Å². The number of carbonyl (C=O) groups is 1. The second-order valence-electron chi connectivity index (χ2n) is 6.13. The molecule has 8 heteroatoms. The van der Waals surface area contributed by atoms with E-state index in [2.05, 4.69) is 46.7 Å². The standard InChI is InChI=1S/C20H22N4O2S2/c1-3-24-18(12-27-17-9-7-14(2)8-10-17)22-23-20(24)28-13-19(26)21-15-5-4-6-16(25)11-15/h4-11,25H,3,12-13H2,1-2H3,(H,21,26). The number of anilines is 1. The minimum Gasteiger partial charge on any atom is -0.508 e. The van der Waals surface area contributed by atoms with Crippen LogP contribution in [-0.2, 0) is 17.1 Å². The minimum atomic E-state index is -0.156. The molecule has 0 fully saturated rings. The number of hydrogen-bond donors (Lipinski definition) is 2. The number of amides is 1. The molecular weight excluding hydrogens is 392 g/mol. The van der Waals surface area contributed by atoms with Crippen LogP contribution in [0.5, 0.6) is 5.75 Å². The van der Waals surface area contributed by atoms with Gasteiger partial charge in [0.15, 0.2) is 5.16 Å². The average molecular weight is 415 g/mol. The molecule has 3 rings (SSSR count). The van der Waals surface area contributed by atoms with Gasteiger partial charge in [0.05, 0.1) is 11.5 Å². The molecule has 2 N–H and O–H groups in total. The lowest BCUT2D eigenvalue weighted by Crippen LogP contribution is -2.14. The van der Waals surface area contributed by atoms with Gasteiger partial charge in [-0.25, -0.2) is 0 Å². The third-order valence-electron chi connectivity index (χ3n) is 3.96. The van der Waals surface area contributed by atoms with Gasteiger partial charge >= 0.3 is 0 Å². The molecule has 0 atom stereocenters. The first-order valence-corrected chi connectivity index (χ1v) is 10.9. The van der Waals surface area contributed by atoms with Gasteiger partial charge in [0.1, 0.15) is 11.6 Å². The highest BCUT2D eigenvalue weighted by molar-refractivity contribution is 7.99. The molecular formula is C20H22N4O2S2. The fraction of sp³-hybridized carbons (Fsp3) is 0.250. The molecule has 0 radical (unpaired) electrons. The number of nitrogens with zero attached hydrogens (tertiary/aromatic N) is 3. The molecule has 0 unspecified atom stereocenters. The van der Waals surface area contributed by atoms with Crippen molar-refractivity contribution in [2.75, 3.05) is 11.1 Å². The zero-order chi connectivity index (χ0) is 19.9. The molecule has 3 aromatic rings. The maximum absolute atomic E-state index is 12.2. The molecule has 0 spiro atoms. The summed E-state index contributed by atoms with van der Waals surface area (Å²) < 4.78 is 2.04. The Morgan fingerprint density at radius 1 is 1.14 bits per heavy atom. The Kier molecular flexibility index (Phi) is 7.00. The van der Waals surface area contributed by atoms with Crippen LogP contribution in [-0.4, -0.2) is 31.5 Å². The van der Waals surface area contributed by atoms with Gasteiger partial charge in [-0.15, -0.1) is 22.0 Å². The zero-order valence-electron chi connectivity index (χ0n) is 15.8. The molecule has 1 aromatic heterocycles. The molecule has 0 saturated carbocycles. The number of phenols is 1. The number of hydrogen-bond acceptors (Lipinski definition) is 6. The molecule has 0 aliphatic rings. The van der Waals surface area contributed by atoms with E-state index in [0.717, 1.165) is 23.3 Å².